The van der Waals surface area contributed by atoms with Crippen LogP contribution in [0.3, 0.4) is 0 Å². The van der Waals surface area contributed by atoms with Crippen LogP contribution in [0.15, 0.2) is 36.7 Å². The van der Waals surface area contributed by atoms with Gasteiger partial charge in [0.1, 0.15) is 5.60 Å². The number of imide groups is 1. The van der Waals surface area contributed by atoms with Crippen molar-refractivity contribution in [3.05, 3.63) is 42.4 Å². The monoisotopic (exact) mass is 290 g/mol. The quantitative estimate of drug-likeness (QED) is 0.820. The molecule has 1 aliphatic heterocycles. The summed E-state index contributed by atoms with van der Waals surface area (Å²) in [7, 11) is 0. The van der Waals surface area contributed by atoms with Gasteiger partial charge in [0.25, 0.3) is 0 Å². The van der Waals surface area contributed by atoms with Gasteiger partial charge in [0, 0.05) is 12.4 Å². The van der Waals surface area contributed by atoms with Gasteiger partial charge in [0.15, 0.2) is 5.66 Å². The Bertz CT molecular complexity index is 580. The van der Waals surface area contributed by atoms with Crippen LogP contribution in [0, 0.1) is 0 Å². The molecule has 1 atom stereocenters. The first-order valence-corrected chi connectivity index (χ1v) is 6.45. The second kappa shape index (κ2) is 5.17. The van der Waals surface area contributed by atoms with E-state index in [9.17, 15) is 9.59 Å². The fraction of sp³-hybridized carbons (Fsp3) is 0.357. The second-order valence-corrected chi connectivity index (χ2v) is 5.68. The van der Waals surface area contributed by atoms with Gasteiger partial charge in [-0.1, -0.05) is 6.07 Å². The third-order valence-corrected chi connectivity index (χ3v) is 2.70. The van der Waals surface area contributed by atoms with Crippen molar-refractivity contribution in [1.29, 1.82) is 0 Å². The standard InChI is InChI=1S/C14H18N4O3/c1-13(2,3)21-12(20)18-9-7-14(15,17-11(18)19)10-6-4-5-8-16-10/h4-9H,15H2,1-3H3,(H,17,19). The molecule has 1 aromatic heterocycles. The van der Waals surface area contributed by atoms with Gasteiger partial charge in [0.05, 0.1) is 5.69 Å². The summed E-state index contributed by atoms with van der Waals surface area (Å²) in [5, 5.41) is 2.54. The maximum atomic E-state index is 12.1. The van der Waals surface area contributed by atoms with Crippen LogP contribution in [-0.4, -0.2) is 27.6 Å². The lowest BCUT2D eigenvalue weighted by atomic mass is 10.1. The minimum absolute atomic E-state index is 0.471. The first kappa shape index (κ1) is 15.0. The summed E-state index contributed by atoms with van der Waals surface area (Å²) in [5.74, 6) is 0. The van der Waals surface area contributed by atoms with Gasteiger partial charge in [-0.15, -0.1) is 0 Å². The van der Waals surface area contributed by atoms with Crippen molar-refractivity contribution in [3.63, 3.8) is 0 Å². The summed E-state index contributed by atoms with van der Waals surface area (Å²) in [4.78, 5) is 28.9. The number of hydrogen-bond acceptors (Lipinski definition) is 5. The van der Waals surface area contributed by atoms with Gasteiger partial charge in [-0.05, 0) is 39.0 Å². The van der Waals surface area contributed by atoms with Crippen molar-refractivity contribution in [1.82, 2.24) is 15.2 Å². The molecule has 0 aromatic carbocycles. The van der Waals surface area contributed by atoms with Gasteiger partial charge in [0.2, 0.25) is 0 Å². The van der Waals surface area contributed by atoms with E-state index in [4.69, 9.17) is 10.5 Å². The molecular formula is C14H18N4O3. The molecule has 7 heteroatoms. The predicted molar refractivity (Wildman–Crippen MR) is 75.8 cm³/mol. The molecule has 0 saturated heterocycles. The molecule has 2 rings (SSSR count). The topological polar surface area (TPSA) is 97.6 Å². The molecule has 0 aliphatic carbocycles. The van der Waals surface area contributed by atoms with Gasteiger partial charge < -0.3 is 15.8 Å². The zero-order chi connectivity index (χ0) is 15.7. The largest absolute Gasteiger partial charge is 0.443 e. The Labute approximate surface area is 122 Å². The van der Waals surface area contributed by atoms with Gasteiger partial charge in [-0.3, -0.25) is 4.98 Å². The maximum absolute atomic E-state index is 12.1. The number of carbonyl (C=O) groups excluding carboxylic acids is 2. The lowest BCUT2D eigenvalue weighted by Crippen LogP contribution is -2.59. The molecule has 21 heavy (non-hydrogen) atoms. The van der Waals surface area contributed by atoms with Gasteiger partial charge >= 0.3 is 12.1 Å². The van der Waals surface area contributed by atoms with Crippen molar-refractivity contribution in [3.8, 4) is 0 Å². The van der Waals surface area contributed by atoms with Crippen molar-refractivity contribution in [2.45, 2.75) is 32.0 Å². The van der Waals surface area contributed by atoms with Crippen LogP contribution in [0.5, 0.6) is 0 Å². The molecule has 2 heterocycles. The Kier molecular flexibility index (Phi) is 3.69. The number of urea groups is 1. The number of pyridine rings is 1. The average molecular weight is 290 g/mol. The molecule has 0 saturated carbocycles. The molecular weight excluding hydrogens is 272 g/mol. The molecule has 1 aromatic rings. The minimum atomic E-state index is -1.25. The van der Waals surface area contributed by atoms with E-state index in [1.54, 1.807) is 45.2 Å². The molecule has 0 spiro atoms. The summed E-state index contributed by atoms with van der Waals surface area (Å²) in [6, 6.07) is 4.53. The number of carbonyl (C=O) groups is 2. The lowest BCUT2D eigenvalue weighted by molar-refractivity contribution is 0.0374. The highest BCUT2D eigenvalue weighted by atomic mass is 16.6. The molecule has 112 valence electrons. The first-order chi connectivity index (χ1) is 9.71. The van der Waals surface area contributed by atoms with Gasteiger partial charge in [-0.2, -0.15) is 0 Å². The van der Waals surface area contributed by atoms with E-state index in [0.717, 1.165) is 4.90 Å². The predicted octanol–water partition coefficient (Wildman–Crippen LogP) is 1.67. The van der Waals surface area contributed by atoms with E-state index in [1.165, 1.54) is 12.3 Å². The fourth-order valence-corrected chi connectivity index (χ4v) is 1.75. The smallest absolute Gasteiger partial charge is 0.422 e. The van der Waals surface area contributed by atoms with Crippen molar-refractivity contribution >= 4 is 12.1 Å². The van der Waals surface area contributed by atoms with E-state index in [-0.39, 0.29) is 0 Å². The van der Waals surface area contributed by atoms with E-state index >= 15 is 0 Å². The SMILES string of the molecule is CC(C)(C)OC(=O)N1C=CC(N)(c2ccccn2)NC1=O. The molecule has 1 unspecified atom stereocenters. The highest BCUT2D eigenvalue weighted by Gasteiger charge is 2.37. The second-order valence-electron chi connectivity index (χ2n) is 5.68. The van der Waals surface area contributed by atoms with Crippen LogP contribution in [0.2, 0.25) is 0 Å². The molecule has 3 N–H and O–H groups in total. The fourth-order valence-electron chi connectivity index (χ4n) is 1.75. The van der Waals surface area contributed by atoms with Crippen LogP contribution < -0.4 is 11.1 Å². The Morgan fingerprint density at radius 3 is 2.67 bits per heavy atom. The highest BCUT2D eigenvalue weighted by molar-refractivity contribution is 5.93. The van der Waals surface area contributed by atoms with Crippen molar-refractivity contribution in [2.75, 3.05) is 0 Å². The van der Waals surface area contributed by atoms with E-state index in [2.05, 4.69) is 10.3 Å². The Hall–Kier alpha value is -2.41. The first-order valence-electron chi connectivity index (χ1n) is 6.45. The summed E-state index contributed by atoms with van der Waals surface area (Å²) >= 11 is 0. The average Bonchev–Trinajstić information content (AvgIpc) is 2.37. The molecule has 3 amide bonds. The maximum Gasteiger partial charge on any atom is 0.422 e. The number of amides is 3. The Morgan fingerprint density at radius 2 is 2.14 bits per heavy atom. The van der Waals surface area contributed by atoms with E-state index < -0.39 is 23.4 Å². The number of aromatic nitrogens is 1. The molecule has 0 fully saturated rings. The zero-order valence-electron chi connectivity index (χ0n) is 12.2. The number of rotatable bonds is 1. The Balaban J connectivity index is 2.21. The van der Waals surface area contributed by atoms with Gasteiger partial charge in [-0.25, -0.2) is 14.5 Å². The number of ether oxygens (including phenoxy) is 1. The third-order valence-electron chi connectivity index (χ3n) is 2.70. The van der Waals surface area contributed by atoms with Crippen LogP contribution in [0.1, 0.15) is 26.5 Å². The Morgan fingerprint density at radius 1 is 1.43 bits per heavy atom. The van der Waals surface area contributed by atoms with E-state index in [0.29, 0.717) is 5.69 Å². The van der Waals surface area contributed by atoms with E-state index in [1.807, 2.05) is 0 Å². The third kappa shape index (κ3) is 3.38. The molecule has 0 bridgehead atoms. The summed E-state index contributed by atoms with van der Waals surface area (Å²) in [5.41, 5.74) is 4.63. The lowest BCUT2D eigenvalue weighted by Gasteiger charge is -2.34. The van der Waals surface area contributed by atoms with Crippen molar-refractivity contribution < 1.29 is 14.3 Å². The van der Waals surface area contributed by atoms with Crippen LogP contribution in [-0.2, 0) is 10.4 Å². The molecule has 1 aliphatic rings. The summed E-state index contributed by atoms with van der Waals surface area (Å²) in [6.45, 7) is 5.16. The summed E-state index contributed by atoms with van der Waals surface area (Å²) < 4.78 is 5.14. The number of nitrogens with two attached hydrogens (primary N) is 1. The number of hydrogen-bond donors (Lipinski definition) is 2. The van der Waals surface area contributed by atoms with Crippen LogP contribution in [0.25, 0.3) is 0 Å². The highest BCUT2D eigenvalue weighted by Crippen LogP contribution is 2.20. The summed E-state index contributed by atoms with van der Waals surface area (Å²) in [6.07, 6.45) is 3.59. The number of nitrogens with zero attached hydrogens (tertiary/aromatic N) is 2. The van der Waals surface area contributed by atoms with Crippen LogP contribution >= 0.6 is 0 Å². The molecule has 7 nitrogen and oxygen atoms in total. The van der Waals surface area contributed by atoms with Crippen molar-refractivity contribution in [2.24, 2.45) is 5.73 Å². The van der Waals surface area contributed by atoms with Crippen LogP contribution in [0.4, 0.5) is 9.59 Å². The minimum Gasteiger partial charge on any atom is -0.443 e. The normalized spacial score (nSPS) is 21.9. The molecule has 0 radical (unpaired) electrons. The zero-order valence-corrected chi connectivity index (χ0v) is 12.2. The number of nitrogens with one attached hydrogen (secondary N) is 1.